The van der Waals surface area contributed by atoms with Crippen LogP contribution in [0.5, 0.6) is 5.75 Å². The summed E-state index contributed by atoms with van der Waals surface area (Å²) in [5, 5.41) is 8.09. The Morgan fingerprint density at radius 3 is 2.64 bits per heavy atom. The number of rotatable bonds is 3. The Kier molecular flexibility index (Phi) is 3.05. The summed E-state index contributed by atoms with van der Waals surface area (Å²) in [5.41, 5.74) is 0. The first-order valence-corrected chi connectivity index (χ1v) is 4.27. The van der Waals surface area contributed by atoms with Gasteiger partial charge in [0.15, 0.2) is 0 Å². The number of halogens is 3. The van der Waals surface area contributed by atoms with Gasteiger partial charge in [-0.15, -0.1) is 0 Å². The summed E-state index contributed by atoms with van der Waals surface area (Å²) in [4.78, 5) is 10.0. The monoisotopic (exact) mass is 265 g/mol. The fourth-order valence-corrected chi connectivity index (χ4v) is 1.10. The molecular formula is C8H5BrF2O3. The van der Waals surface area contributed by atoms with Gasteiger partial charge in [-0.2, -0.15) is 8.78 Å². The van der Waals surface area contributed by atoms with Gasteiger partial charge in [-0.1, -0.05) is 22.0 Å². The highest BCUT2D eigenvalue weighted by atomic mass is 79.9. The molecule has 1 rings (SSSR count). The molecule has 0 saturated carbocycles. The standard InChI is InChI=1S/C8H5BrF2O3/c9-5-2-1-3-6(4-5)14-8(10,11)7(12)13/h1-4H,(H,12,13)/i10-1. The molecule has 0 amide bonds. The fourth-order valence-electron chi connectivity index (χ4n) is 0.722. The van der Waals surface area contributed by atoms with Gasteiger partial charge < -0.3 is 9.84 Å². The van der Waals surface area contributed by atoms with Crippen molar-refractivity contribution < 1.29 is 23.4 Å². The molecule has 0 radical (unpaired) electrons. The third-order valence-electron chi connectivity index (χ3n) is 1.29. The molecule has 3 nitrogen and oxygen atoms in total. The summed E-state index contributed by atoms with van der Waals surface area (Å²) in [5.74, 6) is -2.54. The molecule has 1 atom stereocenters. The van der Waals surface area contributed by atoms with Gasteiger partial charge in [-0.3, -0.25) is 0 Å². The van der Waals surface area contributed by atoms with Crippen LogP contribution in [-0.4, -0.2) is 17.2 Å². The summed E-state index contributed by atoms with van der Waals surface area (Å²) in [6.45, 7) is 0. The van der Waals surface area contributed by atoms with Gasteiger partial charge in [0.2, 0.25) is 0 Å². The van der Waals surface area contributed by atoms with Gasteiger partial charge in [0, 0.05) is 4.47 Å². The van der Waals surface area contributed by atoms with Crippen molar-refractivity contribution in [1.82, 2.24) is 0 Å². The molecule has 1 aromatic rings. The molecule has 0 spiro atoms. The number of carboxylic acids is 1. The van der Waals surface area contributed by atoms with Crippen LogP contribution >= 0.6 is 15.9 Å². The van der Waals surface area contributed by atoms with Crippen LogP contribution in [-0.2, 0) is 4.79 Å². The molecule has 0 aliphatic carbocycles. The van der Waals surface area contributed by atoms with E-state index in [1.807, 2.05) is 0 Å². The molecule has 1 unspecified atom stereocenters. The van der Waals surface area contributed by atoms with Crippen molar-refractivity contribution in [3.05, 3.63) is 28.7 Å². The van der Waals surface area contributed by atoms with Crippen molar-refractivity contribution in [2.45, 2.75) is 6.11 Å². The first-order chi connectivity index (χ1) is 6.42. The molecule has 76 valence electrons. The van der Waals surface area contributed by atoms with E-state index in [1.165, 1.54) is 18.2 Å². The average Bonchev–Trinajstić information content (AvgIpc) is 2.02. The molecule has 0 heterocycles. The summed E-state index contributed by atoms with van der Waals surface area (Å²) in [6.07, 6.45) is -4.21. The van der Waals surface area contributed by atoms with E-state index in [1.54, 1.807) is 6.07 Å². The lowest BCUT2D eigenvalue weighted by Crippen LogP contribution is -2.34. The number of benzene rings is 1. The first kappa shape index (κ1) is 10.9. The van der Waals surface area contributed by atoms with Crippen LogP contribution in [0, 0.1) is 0 Å². The Hall–Kier alpha value is -1.17. The first-order valence-electron chi connectivity index (χ1n) is 3.47. The lowest BCUT2D eigenvalue weighted by Gasteiger charge is -2.12. The zero-order valence-electron chi connectivity index (χ0n) is 6.71. The SMILES string of the molecule is O=C(O)C(F)([18F])Oc1cccc(Br)c1. The van der Waals surface area contributed by atoms with Gasteiger partial charge in [0.25, 0.3) is 0 Å². The lowest BCUT2D eigenvalue weighted by molar-refractivity contribution is -0.210. The maximum atomic E-state index is 12.5. The van der Waals surface area contributed by atoms with Crippen molar-refractivity contribution in [3.8, 4) is 5.75 Å². The number of hydrogen-bond donors (Lipinski definition) is 1. The molecule has 1 aromatic carbocycles. The van der Waals surface area contributed by atoms with E-state index < -0.39 is 12.1 Å². The highest BCUT2D eigenvalue weighted by Crippen LogP contribution is 2.24. The minimum atomic E-state index is -4.21. The zero-order chi connectivity index (χ0) is 10.8. The number of ether oxygens (including phenoxy) is 1. The van der Waals surface area contributed by atoms with Crippen molar-refractivity contribution in [2.24, 2.45) is 0 Å². The fraction of sp³-hybridized carbons (Fsp3) is 0.125. The predicted molar refractivity (Wildman–Crippen MR) is 47.4 cm³/mol. The van der Waals surface area contributed by atoms with E-state index in [2.05, 4.69) is 20.7 Å². The van der Waals surface area contributed by atoms with Crippen LogP contribution in [0.15, 0.2) is 28.7 Å². The summed E-state index contributed by atoms with van der Waals surface area (Å²) < 4.78 is 29.6. The van der Waals surface area contributed by atoms with E-state index in [-0.39, 0.29) is 5.75 Å². The quantitative estimate of drug-likeness (QED) is 0.914. The molecule has 0 saturated heterocycles. The van der Waals surface area contributed by atoms with Gasteiger partial charge in [-0.05, 0) is 18.2 Å². The van der Waals surface area contributed by atoms with Crippen molar-refractivity contribution in [3.63, 3.8) is 0 Å². The van der Waals surface area contributed by atoms with Crippen molar-refractivity contribution in [1.29, 1.82) is 0 Å². The van der Waals surface area contributed by atoms with Crippen LogP contribution in [0.25, 0.3) is 0 Å². The van der Waals surface area contributed by atoms with E-state index >= 15 is 0 Å². The molecular weight excluding hydrogens is 261 g/mol. The van der Waals surface area contributed by atoms with E-state index in [0.29, 0.717) is 4.47 Å². The molecule has 0 aliphatic rings. The third-order valence-corrected chi connectivity index (χ3v) is 1.78. The third kappa shape index (κ3) is 2.66. The zero-order valence-corrected chi connectivity index (χ0v) is 8.29. The molecule has 6 heteroatoms. The minimum Gasteiger partial charge on any atom is -0.474 e. The van der Waals surface area contributed by atoms with Crippen LogP contribution < -0.4 is 4.74 Å². The second kappa shape index (κ2) is 3.91. The van der Waals surface area contributed by atoms with Crippen LogP contribution in [0.4, 0.5) is 8.78 Å². The summed E-state index contributed by atoms with van der Waals surface area (Å²) >= 11 is 3.03. The maximum Gasteiger partial charge on any atom is 0.501 e. The molecule has 0 aromatic heterocycles. The number of carbonyl (C=O) groups is 1. The van der Waals surface area contributed by atoms with Crippen LogP contribution in [0.3, 0.4) is 0 Å². The molecule has 14 heavy (non-hydrogen) atoms. The van der Waals surface area contributed by atoms with Gasteiger partial charge >= 0.3 is 12.1 Å². The Morgan fingerprint density at radius 2 is 2.14 bits per heavy atom. The van der Waals surface area contributed by atoms with E-state index in [9.17, 15) is 13.6 Å². The van der Waals surface area contributed by atoms with Gasteiger partial charge in [0.1, 0.15) is 5.75 Å². The summed E-state index contributed by atoms with van der Waals surface area (Å²) in [6, 6.07) is 5.54. The second-order valence-electron chi connectivity index (χ2n) is 2.38. The number of carboxylic acid groups (broad SMARTS) is 1. The Morgan fingerprint density at radius 1 is 1.50 bits per heavy atom. The minimum absolute atomic E-state index is 0.216. The van der Waals surface area contributed by atoms with E-state index in [0.717, 1.165) is 0 Å². The Balaban J connectivity index is 2.83. The predicted octanol–water partition coefficient (Wildman–Crippen LogP) is 2.51. The maximum absolute atomic E-state index is 12.5. The van der Waals surface area contributed by atoms with E-state index in [4.69, 9.17) is 5.11 Å². The van der Waals surface area contributed by atoms with Gasteiger partial charge in [0.05, 0.1) is 0 Å². The smallest absolute Gasteiger partial charge is 0.474 e. The normalized spacial score (nSPS) is 14.5. The number of aliphatic carboxylic acids is 1. The average molecular weight is 266 g/mol. The molecule has 0 aliphatic heterocycles. The molecule has 1 N–H and O–H groups in total. The molecule has 0 fully saturated rings. The van der Waals surface area contributed by atoms with Crippen LogP contribution in [0.1, 0.15) is 0 Å². The number of hydrogen-bond acceptors (Lipinski definition) is 2. The Labute approximate surface area is 86.4 Å². The number of alkyl halides is 2. The second-order valence-corrected chi connectivity index (χ2v) is 3.30. The highest BCUT2D eigenvalue weighted by molar-refractivity contribution is 9.10. The topological polar surface area (TPSA) is 46.5 Å². The lowest BCUT2D eigenvalue weighted by atomic mass is 10.3. The highest BCUT2D eigenvalue weighted by Gasteiger charge is 2.42. The van der Waals surface area contributed by atoms with Crippen molar-refractivity contribution >= 4 is 21.9 Å². The largest absolute Gasteiger partial charge is 0.501 e. The summed E-state index contributed by atoms with van der Waals surface area (Å²) in [7, 11) is 0. The van der Waals surface area contributed by atoms with Crippen LogP contribution in [0.2, 0.25) is 0 Å². The molecule has 0 bridgehead atoms. The van der Waals surface area contributed by atoms with Gasteiger partial charge in [-0.25, -0.2) is 4.79 Å². The Bertz CT molecular complexity index is 354. The van der Waals surface area contributed by atoms with Crippen molar-refractivity contribution in [2.75, 3.05) is 0 Å².